The van der Waals surface area contributed by atoms with Crippen LogP contribution in [0, 0.1) is 0 Å². The number of fused-ring (bicyclic) bond motifs is 3. The molecule has 0 bridgehead atoms. The lowest BCUT2D eigenvalue weighted by atomic mass is 9.97. The molecular weight excluding hydrogens is 461 g/mol. The van der Waals surface area contributed by atoms with Crippen molar-refractivity contribution >= 4 is 35.0 Å². The minimum atomic E-state index is -0.143. The van der Waals surface area contributed by atoms with Crippen molar-refractivity contribution in [3.8, 4) is 0 Å². The number of pyridine rings is 1. The predicted octanol–water partition coefficient (Wildman–Crippen LogP) is 4.39. The van der Waals surface area contributed by atoms with Gasteiger partial charge in [-0.15, -0.1) is 0 Å². The molecule has 0 radical (unpaired) electrons. The fourth-order valence-corrected chi connectivity index (χ4v) is 4.97. The van der Waals surface area contributed by atoms with Gasteiger partial charge in [-0.3, -0.25) is 19.3 Å². The summed E-state index contributed by atoms with van der Waals surface area (Å²) in [5.74, 6) is -0.210. The molecule has 2 aliphatic heterocycles. The van der Waals surface area contributed by atoms with E-state index in [-0.39, 0.29) is 23.9 Å². The summed E-state index contributed by atoms with van der Waals surface area (Å²) in [5, 5.41) is 5.47. The Hall–Kier alpha value is -2.90. The fraction of sp³-hybridized carbons (Fsp3) is 0.333. The van der Waals surface area contributed by atoms with Crippen molar-refractivity contribution in [2.75, 3.05) is 6.54 Å². The van der Waals surface area contributed by atoms with Crippen molar-refractivity contribution < 1.29 is 9.59 Å². The maximum atomic E-state index is 13.6. The van der Waals surface area contributed by atoms with Gasteiger partial charge in [0, 0.05) is 42.5 Å². The highest BCUT2D eigenvalue weighted by atomic mass is 35.5. The summed E-state index contributed by atoms with van der Waals surface area (Å²) >= 11 is 12.2. The summed E-state index contributed by atoms with van der Waals surface area (Å²) in [7, 11) is 0. The van der Waals surface area contributed by atoms with Crippen molar-refractivity contribution in [2.24, 2.45) is 0 Å². The summed E-state index contributed by atoms with van der Waals surface area (Å²) < 4.78 is 1.80. The number of carbonyl (C=O) groups is 2. The van der Waals surface area contributed by atoms with Crippen LogP contribution >= 0.6 is 23.2 Å². The average molecular weight is 484 g/mol. The first-order valence-corrected chi connectivity index (χ1v) is 11.7. The molecule has 33 heavy (non-hydrogen) atoms. The van der Waals surface area contributed by atoms with Crippen molar-refractivity contribution in [1.29, 1.82) is 0 Å². The van der Waals surface area contributed by atoms with E-state index in [1.165, 1.54) is 0 Å². The second-order valence-electron chi connectivity index (χ2n) is 8.57. The van der Waals surface area contributed by atoms with E-state index in [1.54, 1.807) is 40.2 Å². The lowest BCUT2D eigenvalue weighted by molar-refractivity contribution is 0.0604. The van der Waals surface area contributed by atoms with Gasteiger partial charge in [-0.2, -0.15) is 5.10 Å². The Balaban J connectivity index is 1.45. The van der Waals surface area contributed by atoms with E-state index in [1.807, 2.05) is 30.9 Å². The molecule has 0 N–H and O–H groups in total. The maximum absolute atomic E-state index is 13.6. The van der Waals surface area contributed by atoms with Gasteiger partial charge in [0.1, 0.15) is 5.69 Å². The Labute approximate surface area is 201 Å². The number of amides is 2. The third-order valence-corrected chi connectivity index (χ3v) is 7.30. The predicted molar refractivity (Wildman–Crippen MR) is 125 cm³/mol. The van der Waals surface area contributed by atoms with Crippen LogP contribution in [-0.4, -0.2) is 49.0 Å². The molecule has 7 nitrogen and oxygen atoms in total. The van der Waals surface area contributed by atoms with E-state index in [4.69, 9.17) is 28.3 Å². The molecule has 0 spiro atoms. The third kappa shape index (κ3) is 3.79. The molecular formula is C24H23Cl2N5O2. The smallest absolute Gasteiger partial charge is 0.273 e. The molecule has 9 heteroatoms. The van der Waals surface area contributed by atoms with E-state index in [0.717, 1.165) is 16.8 Å². The third-order valence-electron chi connectivity index (χ3n) is 6.56. The number of hydrogen-bond donors (Lipinski definition) is 0. The molecule has 0 saturated carbocycles. The van der Waals surface area contributed by atoms with Gasteiger partial charge in [0.05, 0.1) is 34.9 Å². The first-order chi connectivity index (χ1) is 15.8. The van der Waals surface area contributed by atoms with Crippen molar-refractivity contribution in [3.05, 3.63) is 80.8 Å². The number of nitrogens with zero attached hydrogens (tertiary/aromatic N) is 5. The second-order valence-corrected chi connectivity index (χ2v) is 9.39. The molecule has 1 unspecified atom stereocenters. The Bertz CT molecular complexity index is 1240. The summed E-state index contributed by atoms with van der Waals surface area (Å²) in [6, 6.07) is 8.57. The van der Waals surface area contributed by atoms with Crippen LogP contribution in [0.25, 0.3) is 0 Å². The molecule has 5 rings (SSSR count). The van der Waals surface area contributed by atoms with Gasteiger partial charge in [0.15, 0.2) is 0 Å². The van der Waals surface area contributed by atoms with Gasteiger partial charge in [0.25, 0.3) is 11.8 Å². The van der Waals surface area contributed by atoms with Gasteiger partial charge >= 0.3 is 0 Å². The number of carbonyl (C=O) groups excluding carboxylic acids is 2. The van der Waals surface area contributed by atoms with Crippen LogP contribution in [-0.2, 0) is 19.5 Å². The SMILES string of the molecule is CC(c1cccnc1)N1CCn2nc3c(c2C1=O)CN(C(=O)c1ccc(Cl)c(Cl)c1)[C@H](C)C3. The molecule has 170 valence electrons. The molecule has 2 aliphatic rings. The van der Waals surface area contributed by atoms with Crippen LogP contribution in [0.1, 0.15) is 57.6 Å². The van der Waals surface area contributed by atoms with Crippen molar-refractivity contribution in [2.45, 2.75) is 45.4 Å². The number of halogens is 2. The molecule has 0 aliphatic carbocycles. The van der Waals surface area contributed by atoms with Crippen molar-refractivity contribution in [1.82, 2.24) is 24.6 Å². The zero-order valence-corrected chi connectivity index (χ0v) is 19.8. The second kappa shape index (κ2) is 8.47. The first-order valence-electron chi connectivity index (χ1n) is 10.9. The minimum Gasteiger partial charge on any atom is -0.331 e. The lowest BCUT2D eigenvalue weighted by Crippen LogP contribution is -2.44. The standard InChI is InChI=1S/C24H23Cl2N5O2/c1-14-10-21-18(13-30(14)23(32)16-5-6-19(25)20(26)11-16)22-24(33)29(8-9-31(22)28-21)15(2)17-4-3-7-27-12-17/h3-7,11-12,14-15H,8-10,13H2,1-2H3/t14-,15?/m1/s1. The van der Waals surface area contributed by atoms with E-state index in [0.29, 0.717) is 47.4 Å². The Morgan fingerprint density at radius 3 is 2.73 bits per heavy atom. The van der Waals surface area contributed by atoms with Crippen molar-refractivity contribution in [3.63, 3.8) is 0 Å². The highest BCUT2D eigenvalue weighted by Gasteiger charge is 2.38. The quantitative estimate of drug-likeness (QED) is 0.553. The topological polar surface area (TPSA) is 71.3 Å². The molecule has 4 heterocycles. The van der Waals surface area contributed by atoms with Crippen LogP contribution in [0.4, 0.5) is 0 Å². The maximum Gasteiger partial charge on any atom is 0.273 e. The first kappa shape index (κ1) is 21.9. The van der Waals surface area contributed by atoms with E-state index in [9.17, 15) is 9.59 Å². The minimum absolute atomic E-state index is 0.0584. The van der Waals surface area contributed by atoms with Gasteiger partial charge in [0.2, 0.25) is 0 Å². The fourth-order valence-electron chi connectivity index (χ4n) is 4.68. The summed E-state index contributed by atoms with van der Waals surface area (Å²) in [5.41, 5.74) is 3.75. The highest BCUT2D eigenvalue weighted by Crippen LogP contribution is 2.32. The molecule has 0 saturated heterocycles. The van der Waals surface area contributed by atoms with E-state index >= 15 is 0 Å². The molecule has 2 atom stereocenters. The Kier molecular flexibility index (Phi) is 5.62. The summed E-state index contributed by atoms with van der Waals surface area (Å²) in [4.78, 5) is 34.7. The van der Waals surface area contributed by atoms with Crippen LogP contribution in [0.15, 0.2) is 42.7 Å². The highest BCUT2D eigenvalue weighted by molar-refractivity contribution is 6.42. The summed E-state index contributed by atoms with van der Waals surface area (Å²) in [6.07, 6.45) is 4.10. The number of aromatic nitrogens is 3. The van der Waals surface area contributed by atoms with Gasteiger partial charge in [-0.05, 0) is 43.7 Å². The van der Waals surface area contributed by atoms with E-state index in [2.05, 4.69) is 4.98 Å². The molecule has 3 aromatic rings. The molecule has 0 fully saturated rings. The zero-order valence-electron chi connectivity index (χ0n) is 18.3. The van der Waals surface area contributed by atoms with E-state index < -0.39 is 0 Å². The number of benzene rings is 1. The molecule has 2 amide bonds. The van der Waals surface area contributed by atoms with Crippen LogP contribution in [0.3, 0.4) is 0 Å². The normalized spacial score (nSPS) is 18.7. The van der Waals surface area contributed by atoms with Crippen LogP contribution in [0.5, 0.6) is 0 Å². The average Bonchev–Trinajstić information content (AvgIpc) is 3.18. The van der Waals surface area contributed by atoms with Gasteiger partial charge in [-0.1, -0.05) is 29.3 Å². The largest absolute Gasteiger partial charge is 0.331 e. The zero-order chi connectivity index (χ0) is 23.3. The lowest BCUT2D eigenvalue weighted by Gasteiger charge is -2.35. The van der Waals surface area contributed by atoms with Crippen LogP contribution < -0.4 is 0 Å². The Morgan fingerprint density at radius 2 is 2.00 bits per heavy atom. The van der Waals surface area contributed by atoms with Gasteiger partial charge in [-0.25, -0.2) is 0 Å². The monoisotopic (exact) mass is 483 g/mol. The Morgan fingerprint density at radius 1 is 1.18 bits per heavy atom. The number of hydrogen-bond acceptors (Lipinski definition) is 4. The number of rotatable bonds is 3. The van der Waals surface area contributed by atoms with Crippen LogP contribution in [0.2, 0.25) is 10.0 Å². The van der Waals surface area contributed by atoms with Gasteiger partial charge < -0.3 is 9.80 Å². The molecule has 1 aromatic carbocycles. The summed E-state index contributed by atoms with van der Waals surface area (Å²) in [6.45, 7) is 5.52. The molecule has 2 aromatic heterocycles.